The van der Waals surface area contributed by atoms with Gasteiger partial charge in [-0.1, -0.05) is 19.6 Å². The van der Waals surface area contributed by atoms with Crippen LogP contribution >= 0.6 is 0 Å². The lowest BCUT2D eigenvalue weighted by atomic mass is 10.1. The van der Waals surface area contributed by atoms with Gasteiger partial charge in [-0.2, -0.15) is 0 Å². The van der Waals surface area contributed by atoms with E-state index in [1.807, 2.05) is 20.8 Å². The average molecular weight is 151 g/mol. The lowest BCUT2D eigenvalue weighted by Crippen LogP contribution is -1.95. The molecule has 0 atom stereocenters. The van der Waals surface area contributed by atoms with E-state index in [0.717, 1.165) is 17.8 Å². The molecule has 1 heteroatoms. The van der Waals surface area contributed by atoms with E-state index in [0.29, 0.717) is 0 Å². The van der Waals surface area contributed by atoms with E-state index in [2.05, 4.69) is 24.6 Å². The Kier molecular flexibility index (Phi) is 4.51. The first-order chi connectivity index (χ1) is 5.11. The predicted molar refractivity (Wildman–Crippen MR) is 52.0 cm³/mol. The molecule has 0 spiro atoms. The summed E-state index contributed by atoms with van der Waals surface area (Å²) >= 11 is 0. The van der Waals surface area contributed by atoms with Crippen LogP contribution in [0.15, 0.2) is 28.9 Å². The fraction of sp³-hybridized carbons (Fsp3) is 0.500. The number of hydrogen-bond donors (Lipinski definition) is 0. The van der Waals surface area contributed by atoms with Crippen LogP contribution < -0.4 is 0 Å². The Balaban J connectivity index is 4.45. The van der Waals surface area contributed by atoms with E-state index in [9.17, 15) is 0 Å². The maximum Gasteiger partial charge on any atom is 0.0404 e. The first-order valence-corrected chi connectivity index (χ1v) is 3.98. The van der Waals surface area contributed by atoms with Crippen LogP contribution in [0.2, 0.25) is 0 Å². The topological polar surface area (TPSA) is 12.4 Å². The van der Waals surface area contributed by atoms with Gasteiger partial charge in [0.25, 0.3) is 0 Å². The van der Waals surface area contributed by atoms with Crippen molar-refractivity contribution in [2.45, 2.75) is 34.1 Å². The zero-order chi connectivity index (χ0) is 8.85. The molecule has 0 amide bonds. The third-order valence-corrected chi connectivity index (χ3v) is 1.55. The van der Waals surface area contributed by atoms with Crippen molar-refractivity contribution in [3.63, 3.8) is 0 Å². The van der Waals surface area contributed by atoms with E-state index in [-0.39, 0.29) is 0 Å². The summed E-state index contributed by atoms with van der Waals surface area (Å²) in [6.07, 6.45) is 3.14. The molecular formula is C10H17N. The van der Waals surface area contributed by atoms with E-state index in [1.54, 1.807) is 0 Å². The van der Waals surface area contributed by atoms with Crippen LogP contribution in [0.4, 0.5) is 0 Å². The molecule has 62 valence electrons. The van der Waals surface area contributed by atoms with Crippen LogP contribution in [0, 0.1) is 0 Å². The van der Waals surface area contributed by atoms with Crippen LogP contribution in [-0.4, -0.2) is 5.71 Å². The highest BCUT2D eigenvalue weighted by Crippen LogP contribution is 2.05. The third kappa shape index (κ3) is 3.76. The molecule has 0 aliphatic carbocycles. The Morgan fingerprint density at radius 1 is 1.45 bits per heavy atom. The maximum atomic E-state index is 4.27. The molecule has 0 saturated heterocycles. The second-order valence-electron chi connectivity index (χ2n) is 2.60. The van der Waals surface area contributed by atoms with Crippen molar-refractivity contribution >= 4 is 5.71 Å². The largest absolute Gasteiger partial charge is 0.259 e. The Morgan fingerprint density at radius 3 is 2.27 bits per heavy atom. The minimum Gasteiger partial charge on any atom is -0.259 e. The lowest BCUT2D eigenvalue weighted by Gasteiger charge is -2.02. The quantitative estimate of drug-likeness (QED) is 0.548. The minimum absolute atomic E-state index is 0.871. The van der Waals surface area contributed by atoms with Gasteiger partial charge >= 0.3 is 0 Å². The molecule has 11 heavy (non-hydrogen) atoms. The van der Waals surface area contributed by atoms with Crippen molar-refractivity contribution in [3.8, 4) is 0 Å². The standard InChI is InChI=1S/C10H17N/c1-6-10(7-2)9(5)11-8(3)4/h6H,3,7H2,1-2,4-5H3/b10-6-,11-9?. The van der Waals surface area contributed by atoms with Gasteiger partial charge in [0.05, 0.1) is 0 Å². The second-order valence-corrected chi connectivity index (χ2v) is 2.60. The molecular weight excluding hydrogens is 134 g/mol. The van der Waals surface area contributed by atoms with Crippen molar-refractivity contribution in [1.82, 2.24) is 0 Å². The fourth-order valence-corrected chi connectivity index (χ4v) is 1.03. The molecule has 0 aromatic heterocycles. The molecule has 0 aliphatic heterocycles. The van der Waals surface area contributed by atoms with Gasteiger partial charge in [-0.25, -0.2) is 0 Å². The number of aliphatic imine (C=N–C) groups is 1. The van der Waals surface area contributed by atoms with Crippen molar-refractivity contribution in [2.24, 2.45) is 4.99 Å². The number of allylic oxidation sites excluding steroid dienone is 3. The molecule has 1 nitrogen and oxygen atoms in total. The monoisotopic (exact) mass is 151 g/mol. The summed E-state index contributed by atoms with van der Waals surface area (Å²) in [7, 11) is 0. The molecule has 0 saturated carbocycles. The molecule has 0 N–H and O–H groups in total. The second kappa shape index (κ2) is 4.89. The van der Waals surface area contributed by atoms with Gasteiger partial charge in [-0.05, 0) is 32.8 Å². The van der Waals surface area contributed by atoms with E-state index in [4.69, 9.17) is 0 Å². The summed E-state index contributed by atoms with van der Waals surface area (Å²) in [6, 6.07) is 0. The van der Waals surface area contributed by atoms with Gasteiger partial charge in [0, 0.05) is 11.4 Å². The predicted octanol–water partition coefficient (Wildman–Crippen LogP) is 3.34. The molecule has 0 aromatic carbocycles. The fourth-order valence-electron chi connectivity index (χ4n) is 1.03. The lowest BCUT2D eigenvalue weighted by molar-refractivity contribution is 1.15. The normalized spacial score (nSPS) is 13.5. The molecule has 0 radical (unpaired) electrons. The van der Waals surface area contributed by atoms with Gasteiger partial charge < -0.3 is 0 Å². The van der Waals surface area contributed by atoms with Crippen LogP contribution in [0.25, 0.3) is 0 Å². The van der Waals surface area contributed by atoms with Crippen molar-refractivity contribution in [1.29, 1.82) is 0 Å². The maximum absolute atomic E-state index is 4.27. The molecule has 0 aromatic rings. The highest BCUT2D eigenvalue weighted by atomic mass is 14.7. The third-order valence-electron chi connectivity index (χ3n) is 1.55. The molecule has 0 aliphatic rings. The zero-order valence-corrected chi connectivity index (χ0v) is 7.94. The van der Waals surface area contributed by atoms with Gasteiger partial charge in [-0.15, -0.1) is 0 Å². The Bertz CT molecular complexity index is 197. The van der Waals surface area contributed by atoms with Gasteiger partial charge in [0.15, 0.2) is 0 Å². The highest BCUT2D eigenvalue weighted by molar-refractivity contribution is 5.98. The van der Waals surface area contributed by atoms with Crippen molar-refractivity contribution in [3.05, 3.63) is 23.9 Å². The van der Waals surface area contributed by atoms with Crippen LogP contribution in [0.1, 0.15) is 34.1 Å². The molecule has 0 rings (SSSR count). The zero-order valence-electron chi connectivity index (χ0n) is 7.94. The Labute approximate surface area is 69.5 Å². The van der Waals surface area contributed by atoms with Gasteiger partial charge in [-0.3, -0.25) is 4.99 Å². The number of rotatable bonds is 3. The van der Waals surface area contributed by atoms with Crippen LogP contribution in [0.3, 0.4) is 0 Å². The summed E-state index contributed by atoms with van der Waals surface area (Å²) in [6.45, 7) is 11.8. The average Bonchev–Trinajstić information content (AvgIpc) is 1.88. The molecule has 0 fully saturated rings. The highest BCUT2D eigenvalue weighted by Gasteiger charge is 1.95. The van der Waals surface area contributed by atoms with Crippen LogP contribution in [0.5, 0.6) is 0 Å². The number of nitrogens with zero attached hydrogens (tertiary/aromatic N) is 1. The molecule has 0 bridgehead atoms. The Morgan fingerprint density at radius 2 is 2.00 bits per heavy atom. The SMILES string of the molecule is C=C(C)N=C(C)/C(=C\C)CC. The summed E-state index contributed by atoms with van der Waals surface area (Å²) in [5, 5.41) is 0. The Hall–Kier alpha value is -0.850. The summed E-state index contributed by atoms with van der Waals surface area (Å²) in [5.74, 6) is 0. The van der Waals surface area contributed by atoms with E-state index < -0.39 is 0 Å². The molecule has 0 heterocycles. The first-order valence-electron chi connectivity index (χ1n) is 3.98. The smallest absolute Gasteiger partial charge is 0.0404 e. The van der Waals surface area contributed by atoms with Gasteiger partial charge in [0.2, 0.25) is 0 Å². The van der Waals surface area contributed by atoms with E-state index >= 15 is 0 Å². The molecule has 0 unspecified atom stereocenters. The number of hydrogen-bond acceptors (Lipinski definition) is 1. The van der Waals surface area contributed by atoms with E-state index in [1.165, 1.54) is 5.57 Å². The van der Waals surface area contributed by atoms with Crippen LogP contribution in [-0.2, 0) is 0 Å². The summed E-state index contributed by atoms with van der Waals surface area (Å²) < 4.78 is 0. The van der Waals surface area contributed by atoms with Crippen molar-refractivity contribution < 1.29 is 0 Å². The van der Waals surface area contributed by atoms with Crippen molar-refractivity contribution in [2.75, 3.05) is 0 Å². The summed E-state index contributed by atoms with van der Waals surface area (Å²) in [5.41, 5.74) is 3.26. The minimum atomic E-state index is 0.871. The van der Waals surface area contributed by atoms with Gasteiger partial charge in [0.1, 0.15) is 0 Å². The summed E-state index contributed by atoms with van der Waals surface area (Å²) in [4.78, 5) is 4.27. The first kappa shape index (κ1) is 10.2.